The molecule has 2 aromatic heterocycles. The lowest BCUT2D eigenvalue weighted by Gasteiger charge is -2.34. The van der Waals surface area contributed by atoms with Crippen LogP contribution >= 0.6 is 0 Å². The lowest BCUT2D eigenvalue weighted by atomic mass is 9.93. The fourth-order valence-electron chi connectivity index (χ4n) is 4.74. The fourth-order valence-corrected chi connectivity index (χ4v) is 4.74. The van der Waals surface area contributed by atoms with Crippen LogP contribution in [0.2, 0.25) is 0 Å². The summed E-state index contributed by atoms with van der Waals surface area (Å²) < 4.78 is 12.8. The molecule has 2 aliphatic rings. The summed E-state index contributed by atoms with van der Waals surface area (Å²) in [5, 5.41) is 13.4. The van der Waals surface area contributed by atoms with Crippen LogP contribution in [0.15, 0.2) is 23.0 Å². The summed E-state index contributed by atoms with van der Waals surface area (Å²) in [6.45, 7) is 7.64. The summed E-state index contributed by atoms with van der Waals surface area (Å²) in [5.41, 5.74) is 1.20. The summed E-state index contributed by atoms with van der Waals surface area (Å²) in [7, 11) is 0. The zero-order valence-corrected chi connectivity index (χ0v) is 18.9. The molecule has 0 atom stereocenters. The van der Waals surface area contributed by atoms with E-state index >= 15 is 0 Å². The standard InChI is InChI=1S/C23H30N6O3/c1-23(2,3)29-21(25-26-27-29)13-28(17-7-5-4-6-8-17)12-16-9-15-10-19-20(32-14-31-19)11-18(15)24-22(16)30/h9-11,17H,4-8,12-14H2,1-3H3,(H,24,30). The van der Waals surface area contributed by atoms with Crippen LogP contribution in [0.25, 0.3) is 10.9 Å². The van der Waals surface area contributed by atoms with Gasteiger partial charge in [-0.05, 0) is 56.2 Å². The van der Waals surface area contributed by atoms with Gasteiger partial charge in [-0.15, -0.1) is 5.10 Å². The van der Waals surface area contributed by atoms with E-state index in [0.717, 1.165) is 35.1 Å². The quantitative estimate of drug-likeness (QED) is 0.652. The number of hydrogen-bond donors (Lipinski definition) is 1. The van der Waals surface area contributed by atoms with E-state index in [1.807, 2.05) is 22.9 Å². The number of nitrogens with zero attached hydrogens (tertiary/aromatic N) is 5. The number of aromatic nitrogens is 5. The number of benzene rings is 1. The minimum Gasteiger partial charge on any atom is -0.454 e. The van der Waals surface area contributed by atoms with E-state index in [1.165, 1.54) is 19.3 Å². The largest absolute Gasteiger partial charge is 0.454 e. The van der Waals surface area contributed by atoms with Crippen LogP contribution in [0.5, 0.6) is 11.5 Å². The molecule has 1 N–H and O–H groups in total. The van der Waals surface area contributed by atoms with E-state index in [-0.39, 0.29) is 17.9 Å². The van der Waals surface area contributed by atoms with E-state index in [4.69, 9.17) is 9.47 Å². The number of nitrogens with one attached hydrogen (secondary N) is 1. The molecule has 32 heavy (non-hydrogen) atoms. The summed E-state index contributed by atoms with van der Waals surface area (Å²) in [5.74, 6) is 2.20. The number of aromatic amines is 1. The Morgan fingerprint density at radius 1 is 1.09 bits per heavy atom. The number of tetrazole rings is 1. The minimum absolute atomic E-state index is 0.0763. The first-order valence-electron chi connectivity index (χ1n) is 11.4. The molecule has 0 saturated heterocycles. The Hall–Kier alpha value is -2.94. The van der Waals surface area contributed by atoms with Gasteiger partial charge in [-0.3, -0.25) is 9.69 Å². The molecule has 9 nitrogen and oxygen atoms in total. The molecule has 0 spiro atoms. The van der Waals surface area contributed by atoms with Crippen molar-refractivity contribution in [3.63, 3.8) is 0 Å². The van der Waals surface area contributed by atoms with E-state index in [9.17, 15) is 4.79 Å². The van der Waals surface area contributed by atoms with E-state index in [0.29, 0.717) is 30.6 Å². The maximum Gasteiger partial charge on any atom is 0.252 e. The van der Waals surface area contributed by atoms with E-state index < -0.39 is 0 Å². The highest BCUT2D eigenvalue weighted by molar-refractivity contribution is 5.83. The zero-order chi connectivity index (χ0) is 22.3. The Morgan fingerprint density at radius 3 is 2.59 bits per heavy atom. The van der Waals surface area contributed by atoms with Crippen molar-refractivity contribution in [3.8, 4) is 11.5 Å². The lowest BCUT2D eigenvalue weighted by molar-refractivity contribution is 0.130. The SMILES string of the molecule is CC(C)(C)n1nnnc1CN(Cc1cc2cc3c(cc2[nH]c1=O)OCO3)C1CCCCC1. The van der Waals surface area contributed by atoms with Crippen molar-refractivity contribution in [2.24, 2.45) is 0 Å². The molecule has 0 bridgehead atoms. The molecule has 0 radical (unpaired) electrons. The Kier molecular flexibility index (Phi) is 5.36. The van der Waals surface area contributed by atoms with Crippen molar-refractivity contribution in [2.75, 3.05) is 6.79 Å². The monoisotopic (exact) mass is 438 g/mol. The predicted octanol–water partition coefficient (Wildman–Crippen LogP) is 3.33. The second-order valence-corrected chi connectivity index (χ2v) is 9.79. The molecular weight excluding hydrogens is 408 g/mol. The number of rotatable bonds is 5. The van der Waals surface area contributed by atoms with Gasteiger partial charge in [0.05, 0.1) is 17.6 Å². The van der Waals surface area contributed by atoms with Crippen molar-refractivity contribution in [3.05, 3.63) is 39.9 Å². The Morgan fingerprint density at radius 2 is 1.84 bits per heavy atom. The average molecular weight is 439 g/mol. The van der Waals surface area contributed by atoms with Crippen LogP contribution in [-0.4, -0.2) is 42.9 Å². The zero-order valence-electron chi connectivity index (χ0n) is 18.9. The molecule has 1 saturated carbocycles. The highest BCUT2D eigenvalue weighted by Crippen LogP contribution is 2.35. The van der Waals surface area contributed by atoms with Crippen molar-refractivity contribution >= 4 is 10.9 Å². The first-order chi connectivity index (χ1) is 15.4. The summed E-state index contributed by atoms with van der Waals surface area (Å²) in [6, 6.07) is 6.14. The number of ether oxygens (including phenoxy) is 2. The molecule has 3 aromatic rings. The number of fused-ring (bicyclic) bond motifs is 2. The Balaban J connectivity index is 1.48. The topological polar surface area (TPSA) is 98.2 Å². The molecule has 1 aliphatic carbocycles. The highest BCUT2D eigenvalue weighted by Gasteiger charge is 2.27. The lowest BCUT2D eigenvalue weighted by Crippen LogP contribution is -2.39. The first kappa shape index (κ1) is 20.9. The number of hydrogen-bond acceptors (Lipinski definition) is 7. The average Bonchev–Trinajstić information content (AvgIpc) is 3.41. The number of H-pyrrole nitrogens is 1. The molecular formula is C23H30N6O3. The van der Waals surface area contributed by atoms with Crippen LogP contribution < -0.4 is 15.0 Å². The maximum atomic E-state index is 13.0. The van der Waals surface area contributed by atoms with Gasteiger partial charge < -0.3 is 14.5 Å². The maximum absolute atomic E-state index is 13.0. The molecule has 170 valence electrons. The normalized spacial score (nSPS) is 16.9. The van der Waals surface area contributed by atoms with Crippen LogP contribution in [0, 0.1) is 0 Å². The second-order valence-electron chi connectivity index (χ2n) is 9.79. The minimum atomic E-state index is -0.208. The summed E-state index contributed by atoms with van der Waals surface area (Å²) in [4.78, 5) is 18.4. The van der Waals surface area contributed by atoms with Gasteiger partial charge in [0.15, 0.2) is 17.3 Å². The third kappa shape index (κ3) is 4.09. The van der Waals surface area contributed by atoms with Gasteiger partial charge in [-0.1, -0.05) is 19.3 Å². The third-order valence-corrected chi connectivity index (χ3v) is 6.39. The highest BCUT2D eigenvalue weighted by atomic mass is 16.7. The van der Waals surface area contributed by atoms with Gasteiger partial charge in [-0.2, -0.15) is 0 Å². The predicted molar refractivity (Wildman–Crippen MR) is 120 cm³/mol. The molecule has 1 fully saturated rings. The second kappa shape index (κ2) is 8.20. The van der Waals surface area contributed by atoms with Gasteiger partial charge in [0.25, 0.3) is 5.56 Å². The van der Waals surface area contributed by atoms with E-state index in [2.05, 4.69) is 46.2 Å². The summed E-state index contributed by atoms with van der Waals surface area (Å²) in [6.07, 6.45) is 5.95. The molecule has 1 aromatic carbocycles. The molecule has 9 heteroatoms. The van der Waals surface area contributed by atoms with Crippen molar-refractivity contribution in [2.45, 2.75) is 77.5 Å². The van der Waals surface area contributed by atoms with Crippen molar-refractivity contribution < 1.29 is 9.47 Å². The Bertz CT molecular complexity index is 1170. The smallest absolute Gasteiger partial charge is 0.252 e. The van der Waals surface area contributed by atoms with Crippen LogP contribution in [0.4, 0.5) is 0 Å². The fraction of sp³-hybridized carbons (Fsp3) is 0.565. The van der Waals surface area contributed by atoms with Gasteiger partial charge in [0.2, 0.25) is 6.79 Å². The number of pyridine rings is 1. The van der Waals surface area contributed by atoms with Gasteiger partial charge in [0.1, 0.15) is 0 Å². The van der Waals surface area contributed by atoms with Gasteiger partial charge in [0, 0.05) is 29.6 Å². The molecule has 1 aliphatic heterocycles. The van der Waals surface area contributed by atoms with Crippen LogP contribution in [0.1, 0.15) is 64.3 Å². The third-order valence-electron chi connectivity index (χ3n) is 6.39. The molecule has 0 unspecified atom stereocenters. The molecule has 3 heterocycles. The van der Waals surface area contributed by atoms with Gasteiger partial charge in [-0.25, -0.2) is 4.68 Å². The summed E-state index contributed by atoms with van der Waals surface area (Å²) >= 11 is 0. The first-order valence-corrected chi connectivity index (χ1v) is 11.4. The molecule has 5 rings (SSSR count). The van der Waals surface area contributed by atoms with Crippen molar-refractivity contribution in [1.82, 2.24) is 30.1 Å². The van der Waals surface area contributed by atoms with Crippen molar-refractivity contribution in [1.29, 1.82) is 0 Å². The van der Waals surface area contributed by atoms with E-state index in [1.54, 1.807) is 0 Å². The van der Waals surface area contributed by atoms with Crippen LogP contribution in [-0.2, 0) is 18.6 Å². The Labute approximate surface area is 186 Å². The van der Waals surface area contributed by atoms with Gasteiger partial charge >= 0.3 is 0 Å². The molecule has 0 amide bonds. The van der Waals surface area contributed by atoms with Crippen LogP contribution in [0.3, 0.4) is 0 Å².